The summed E-state index contributed by atoms with van der Waals surface area (Å²) in [7, 11) is 0. The summed E-state index contributed by atoms with van der Waals surface area (Å²) in [6.07, 6.45) is 0.868. The Morgan fingerprint density at radius 2 is 1.93 bits per heavy atom. The number of ether oxygens (including phenoxy) is 1. The van der Waals surface area contributed by atoms with Crippen molar-refractivity contribution in [3.63, 3.8) is 0 Å². The molecule has 2 aromatic rings. The molecule has 11 heteroatoms. The van der Waals surface area contributed by atoms with Crippen LogP contribution >= 0.6 is 11.8 Å². The van der Waals surface area contributed by atoms with Crippen LogP contribution in [0.1, 0.15) is 17.5 Å². The average molecular weight is 437 g/mol. The smallest absolute Gasteiger partial charge is 0.305 e. The first-order chi connectivity index (χ1) is 14.3. The first-order valence-electron chi connectivity index (χ1n) is 8.48. The summed E-state index contributed by atoms with van der Waals surface area (Å²) in [6.45, 7) is -0.342. The first kappa shape index (κ1) is 21.4. The van der Waals surface area contributed by atoms with E-state index in [1.165, 1.54) is 12.3 Å². The van der Waals surface area contributed by atoms with Gasteiger partial charge in [0.05, 0.1) is 12.6 Å². The molecule has 30 heavy (non-hydrogen) atoms. The number of benzene rings is 2. The zero-order chi connectivity index (χ0) is 21.7. The number of nitrogens with zero attached hydrogens (tertiary/aromatic N) is 2. The van der Waals surface area contributed by atoms with Crippen molar-refractivity contribution in [1.29, 1.82) is 0 Å². The van der Waals surface area contributed by atoms with E-state index in [2.05, 4.69) is 15.5 Å². The van der Waals surface area contributed by atoms with Crippen LogP contribution in [0.5, 0.6) is 5.75 Å². The fraction of sp³-hybridized carbons (Fsp3) is 0.158. The summed E-state index contributed by atoms with van der Waals surface area (Å²) in [4.78, 5) is 22.4. The molecule has 0 aromatic heterocycles. The van der Waals surface area contributed by atoms with Crippen LogP contribution in [-0.2, 0) is 16.2 Å². The van der Waals surface area contributed by atoms with Crippen LogP contribution < -0.4 is 10.1 Å². The second-order valence-electron chi connectivity index (χ2n) is 6.05. The van der Waals surface area contributed by atoms with Gasteiger partial charge >= 0.3 is 5.97 Å². The van der Waals surface area contributed by atoms with Crippen LogP contribution in [0, 0.1) is 17.5 Å². The van der Waals surface area contributed by atoms with Gasteiger partial charge in [-0.05, 0) is 30.3 Å². The Labute approximate surface area is 172 Å². The summed E-state index contributed by atoms with van der Waals surface area (Å²) in [6, 6.07) is 6.47. The number of carbonyl (C=O) groups is 2. The molecule has 1 fully saturated rings. The Hall–Kier alpha value is -3.34. The molecule has 0 spiro atoms. The molecule has 1 atom stereocenters. The minimum absolute atomic E-state index is 0.0227. The molecule has 2 aromatic carbocycles. The topological polar surface area (TPSA) is 100 Å². The highest BCUT2D eigenvalue weighted by Gasteiger charge is 2.32. The van der Waals surface area contributed by atoms with Gasteiger partial charge in [0.1, 0.15) is 35.1 Å². The highest BCUT2D eigenvalue weighted by molar-refractivity contribution is 8.15. The molecule has 1 aliphatic heterocycles. The third-order valence-corrected chi connectivity index (χ3v) is 4.92. The van der Waals surface area contributed by atoms with Crippen molar-refractivity contribution in [2.45, 2.75) is 18.3 Å². The minimum Gasteiger partial charge on any atom is -0.488 e. The first-order valence-corrected chi connectivity index (χ1v) is 9.36. The Kier molecular flexibility index (Phi) is 6.72. The highest BCUT2D eigenvalue weighted by atomic mass is 32.2. The number of nitrogens with one attached hydrogen (secondary N) is 1. The van der Waals surface area contributed by atoms with Gasteiger partial charge in [0.25, 0.3) is 0 Å². The fourth-order valence-corrected chi connectivity index (χ4v) is 3.35. The number of amidine groups is 1. The minimum atomic E-state index is -1.12. The number of carbonyl (C=O) groups excluding carboxylic acids is 1. The maximum Gasteiger partial charge on any atom is 0.305 e. The quantitative estimate of drug-likeness (QED) is 0.512. The number of hydrogen-bond donors (Lipinski definition) is 2. The number of aliphatic carboxylic acids is 1. The molecule has 0 bridgehead atoms. The van der Waals surface area contributed by atoms with Gasteiger partial charge in [0.2, 0.25) is 5.91 Å². The summed E-state index contributed by atoms with van der Waals surface area (Å²) in [5.74, 6) is -3.49. The number of carboxylic acid groups (broad SMARTS) is 1. The van der Waals surface area contributed by atoms with E-state index >= 15 is 0 Å². The molecule has 0 aliphatic carbocycles. The average Bonchev–Trinajstić information content (AvgIpc) is 3.02. The predicted molar refractivity (Wildman–Crippen MR) is 104 cm³/mol. The second-order valence-corrected chi connectivity index (χ2v) is 7.24. The van der Waals surface area contributed by atoms with Gasteiger partial charge in [-0.3, -0.25) is 9.59 Å². The highest BCUT2D eigenvalue weighted by Crippen LogP contribution is 2.23. The molecule has 3 rings (SSSR count). The lowest BCUT2D eigenvalue weighted by Gasteiger charge is -2.10. The maximum atomic E-state index is 13.7. The number of carboxylic acids is 1. The normalized spacial score (nSPS) is 17.5. The third kappa shape index (κ3) is 5.60. The number of rotatable bonds is 7. The summed E-state index contributed by atoms with van der Waals surface area (Å²) >= 11 is 0.926. The van der Waals surface area contributed by atoms with Gasteiger partial charge in [-0.15, -0.1) is 5.10 Å². The van der Waals surface area contributed by atoms with Gasteiger partial charge in [0, 0.05) is 17.2 Å². The van der Waals surface area contributed by atoms with Crippen LogP contribution in [0.4, 0.5) is 13.2 Å². The lowest BCUT2D eigenvalue weighted by molar-refractivity contribution is -0.138. The van der Waals surface area contributed by atoms with Crippen LogP contribution in [0.3, 0.4) is 0 Å². The van der Waals surface area contributed by atoms with Gasteiger partial charge in [-0.1, -0.05) is 11.8 Å². The zero-order valence-electron chi connectivity index (χ0n) is 15.1. The number of thioether (sulfide) groups is 1. The van der Waals surface area contributed by atoms with Crippen molar-refractivity contribution in [1.82, 2.24) is 5.32 Å². The SMILES string of the molecule is O=C(O)CC1SC(=NN=Cc2ccc(F)cc2OCc2cc(F)ccc2F)NC1=O. The zero-order valence-corrected chi connectivity index (χ0v) is 16.0. The van der Waals surface area contributed by atoms with Crippen LogP contribution in [-0.4, -0.2) is 33.6 Å². The molecule has 7 nitrogen and oxygen atoms in total. The molecule has 1 heterocycles. The molecule has 1 unspecified atom stereocenters. The largest absolute Gasteiger partial charge is 0.488 e. The van der Waals surface area contributed by atoms with Crippen LogP contribution in [0.2, 0.25) is 0 Å². The van der Waals surface area contributed by atoms with Crippen LogP contribution in [0.15, 0.2) is 46.6 Å². The predicted octanol–water partition coefficient (Wildman–Crippen LogP) is 3.08. The molecule has 2 N–H and O–H groups in total. The standard InChI is InChI=1S/C19H14F3N3O4S/c20-12-3-4-14(22)11(5-12)9-29-15-6-13(21)2-1-10(15)8-23-25-19-24-18(28)16(30-19)7-17(26)27/h1-6,8,16H,7,9H2,(H,26,27)(H,24,25,28). The molecule has 156 valence electrons. The molecule has 0 radical (unpaired) electrons. The van der Waals surface area contributed by atoms with E-state index < -0.39 is 34.6 Å². The lowest BCUT2D eigenvalue weighted by Crippen LogP contribution is -2.26. The van der Waals surface area contributed by atoms with E-state index in [-0.39, 0.29) is 29.5 Å². The molecular weight excluding hydrogens is 423 g/mol. The van der Waals surface area contributed by atoms with Crippen molar-refractivity contribution >= 4 is 35.0 Å². The van der Waals surface area contributed by atoms with Crippen LogP contribution in [0.25, 0.3) is 0 Å². The maximum absolute atomic E-state index is 13.7. The third-order valence-electron chi connectivity index (χ3n) is 3.85. The van der Waals surface area contributed by atoms with Crippen molar-refractivity contribution in [2.24, 2.45) is 10.2 Å². The van der Waals surface area contributed by atoms with E-state index in [1.54, 1.807) is 0 Å². The Balaban J connectivity index is 1.71. The molecule has 1 amide bonds. The molecular formula is C19H14F3N3O4S. The Morgan fingerprint density at radius 3 is 2.70 bits per heavy atom. The van der Waals surface area contributed by atoms with Gasteiger partial charge < -0.3 is 15.2 Å². The van der Waals surface area contributed by atoms with Gasteiger partial charge in [-0.2, -0.15) is 5.10 Å². The summed E-state index contributed by atoms with van der Waals surface area (Å²) < 4.78 is 46.0. The molecule has 0 saturated carbocycles. The second kappa shape index (κ2) is 9.44. The van der Waals surface area contributed by atoms with Crippen molar-refractivity contribution in [3.05, 3.63) is 65.0 Å². The summed E-state index contributed by atoms with van der Waals surface area (Å²) in [5.41, 5.74) is 0.255. The van der Waals surface area contributed by atoms with Crippen molar-refractivity contribution in [2.75, 3.05) is 0 Å². The van der Waals surface area contributed by atoms with Crippen molar-refractivity contribution < 1.29 is 32.6 Å². The molecule has 1 saturated heterocycles. The van der Waals surface area contributed by atoms with Gasteiger partial charge in [0.15, 0.2) is 5.17 Å². The van der Waals surface area contributed by atoms with E-state index in [4.69, 9.17) is 9.84 Å². The van der Waals surface area contributed by atoms with E-state index in [0.717, 1.165) is 42.1 Å². The number of halogens is 3. The Bertz CT molecular complexity index is 1050. The Morgan fingerprint density at radius 1 is 1.20 bits per heavy atom. The van der Waals surface area contributed by atoms with E-state index in [1.807, 2.05) is 0 Å². The van der Waals surface area contributed by atoms with E-state index in [0.29, 0.717) is 5.56 Å². The number of hydrogen-bond acceptors (Lipinski definition) is 6. The fourth-order valence-electron chi connectivity index (χ4n) is 2.44. The van der Waals surface area contributed by atoms with Gasteiger partial charge in [-0.25, -0.2) is 13.2 Å². The van der Waals surface area contributed by atoms with E-state index in [9.17, 15) is 22.8 Å². The monoisotopic (exact) mass is 437 g/mol. The molecule has 1 aliphatic rings. The lowest BCUT2D eigenvalue weighted by atomic mass is 10.2. The van der Waals surface area contributed by atoms with Crippen molar-refractivity contribution in [3.8, 4) is 5.75 Å². The number of amides is 1. The summed E-state index contributed by atoms with van der Waals surface area (Å²) in [5, 5.41) is 18.1.